The van der Waals surface area contributed by atoms with Crippen LogP contribution < -0.4 is 10.6 Å². The summed E-state index contributed by atoms with van der Waals surface area (Å²) in [5.41, 5.74) is 6.20. The number of anilines is 1. The zero-order valence-electron chi connectivity index (χ0n) is 18.5. The third kappa shape index (κ3) is 4.70. The molecule has 4 aromatic rings. The summed E-state index contributed by atoms with van der Waals surface area (Å²) in [5, 5.41) is 5.92. The highest BCUT2D eigenvalue weighted by Crippen LogP contribution is 2.19. The molecule has 0 saturated carbocycles. The first-order valence-corrected chi connectivity index (χ1v) is 10.6. The maximum Gasteiger partial charge on any atom is 0.251 e. The molecule has 4 rings (SSSR count). The Morgan fingerprint density at radius 2 is 1.69 bits per heavy atom. The number of hydrogen-bond donors (Lipinski definition) is 2. The van der Waals surface area contributed by atoms with E-state index in [4.69, 9.17) is 0 Å². The van der Waals surface area contributed by atoms with Gasteiger partial charge in [-0.1, -0.05) is 47.5 Å². The highest BCUT2D eigenvalue weighted by atomic mass is 16.2. The standard InChI is InChI=1S/C26H26N4O2/c1-17-7-6-8-20(14-17)26(32)27-15-24-28-22-9-4-5-10-23(22)30(24)16-25(31)29-21-12-11-18(2)13-19(21)3/h4-14H,15-16H2,1-3H3,(H,27,32)(H,29,31). The van der Waals surface area contributed by atoms with Gasteiger partial charge in [0.1, 0.15) is 12.4 Å². The Balaban J connectivity index is 1.54. The zero-order chi connectivity index (χ0) is 22.7. The topological polar surface area (TPSA) is 76.0 Å². The van der Waals surface area contributed by atoms with Crippen molar-refractivity contribution >= 4 is 28.5 Å². The molecule has 3 aromatic carbocycles. The summed E-state index contributed by atoms with van der Waals surface area (Å²) in [4.78, 5) is 30.1. The monoisotopic (exact) mass is 426 g/mol. The van der Waals surface area contributed by atoms with Crippen molar-refractivity contribution in [3.05, 3.63) is 94.8 Å². The molecule has 0 unspecified atom stereocenters. The van der Waals surface area contributed by atoms with Crippen molar-refractivity contribution in [1.82, 2.24) is 14.9 Å². The van der Waals surface area contributed by atoms with Gasteiger partial charge in [0.05, 0.1) is 17.6 Å². The van der Waals surface area contributed by atoms with Crippen LogP contribution in [0.3, 0.4) is 0 Å². The lowest BCUT2D eigenvalue weighted by Crippen LogP contribution is -2.26. The van der Waals surface area contributed by atoms with Crippen molar-refractivity contribution in [3.63, 3.8) is 0 Å². The summed E-state index contributed by atoms with van der Waals surface area (Å²) in [6.45, 7) is 6.27. The number of fused-ring (bicyclic) bond motifs is 1. The Labute approximate surface area is 187 Å². The molecule has 0 aliphatic heterocycles. The highest BCUT2D eigenvalue weighted by Gasteiger charge is 2.15. The normalized spacial score (nSPS) is 10.8. The third-order valence-electron chi connectivity index (χ3n) is 5.38. The van der Waals surface area contributed by atoms with Crippen LogP contribution in [0.4, 0.5) is 5.69 Å². The molecule has 32 heavy (non-hydrogen) atoms. The largest absolute Gasteiger partial charge is 0.345 e. The molecule has 0 fully saturated rings. The van der Waals surface area contributed by atoms with Crippen molar-refractivity contribution in [2.45, 2.75) is 33.9 Å². The number of para-hydroxylation sites is 2. The summed E-state index contributed by atoms with van der Waals surface area (Å²) >= 11 is 0. The first kappa shape index (κ1) is 21.3. The van der Waals surface area contributed by atoms with E-state index in [1.54, 1.807) is 6.07 Å². The van der Waals surface area contributed by atoms with Crippen LogP contribution >= 0.6 is 0 Å². The van der Waals surface area contributed by atoms with E-state index >= 15 is 0 Å². The molecule has 1 heterocycles. The van der Waals surface area contributed by atoms with Gasteiger partial charge in [-0.3, -0.25) is 9.59 Å². The first-order chi connectivity index (χ1) is 15.4. The first-order valence-electron chi connectivity index (χ1n) is 10.6. The Kier molecular flexibility index (Phi) is 6.03. The molecule has 6 heteroatoms. The minimum Gasteiger partial charge on any atom is -0.345 e. The van der Waals surface area contributed by atoms with Crippen molar-refractivity contribution < 1.29 is 9.59 Å². The minimum atomic E-state index is -0.174. The number of amides is 2. The second-order valence-electron chi connectivity index (χ2n) is 8.02. The molecule has 0 aliphatic rings. The predicted molar refractivity (Wildman–Crippen MR) is 127 cm³/mol. The molecule has 0 radical (unpaired) electrons. The number of hydrogen-bond acceptors (Lipinski definition) is 3. The van der Waals surface area contributed by atoms with E-state index < -0.39 is 0 Å². The van der Waals surface area contributed by atoms with Crippen molar-refractivity contribution in [2.75, 3.05) is 5.32 Å². The molecule has 6 nitrogen and oxygen atoms in total. The van der Waals surface area contributed by atoms with Crippen LogP contribution in [-0.4, -0.2) is 21.4 Å². The molecular formula is C26H26N4O2. The number of benzene rings is 3. The number of aryl methyl sites for hydroxylation is 3. The minimum absolute atomic E-state index is 0.101. The van der Waals surface area contributed by atoms with Gasteiger partial charge >= 0.3 is 0 Å². The lowest BCUT2D eigenvalue weighted by Gasteiger charge is -2.12. The second-order valence-corrected chi connectivity index (χ2v) is 8.02. The Hall–Kier alpha value is -3.93. The summed E-state index contributed by atoms with van der Waals surface area (Å²) < 4.78 is 1.85. The summed E-state index contributed by atoms with van der Waals surface area (Å²) in [6, 6.07) is 21.0. The molecule has 2 N–H and O–H groups in total. The average molecular weight is 427 g/mol. The Morgan fingerprint density at radius 3 is 2.47 bits per heavy atom. The number of carbonyl (C=O) groups is 2. The molecule has 0 spiro atoms. The third-order valence-corrected chi connectivity index (χ3v) is 5.38. The van der Waals surface area contributed by atoms with E-state index in [2.05, 4.69) is 15.6 Å². The quantitative estimate of drug-likeness (QED) is 0.476. The van der Waals surface area contributed by atoms with Gasteiger partial charge in [0.2, 0.25) is 5.91 Å². The van der Waals surface area contributed by atoms with Crippen molar-refractivity contribution in [2.24, 2.45) is 0 Å². The summed E-state index contributed by atoms with van der Waals surface area (Å²) in [5.74, 6) is 0.307. The van der Waals surface area contributed by atoms with Crippen LogP contribution in [0.1, 0.15) is 32.9 Å². The number of rotatable bonds is 6. The smallest absolute Gasteiger partial charge is 0.251 e. The molecule has 1 aromatic heterocycles. The Bertz CT molecular complexity index is 1310. The number of carbonyl (C=O) groups excluding carboxylic acids is 2. The molecule has 0 atom stereocenters. The molecule has 0 bridgehead atoms. The number of nitrogens with one attached hydrogen (secondary N) is 2. The molecule has 162 valence electrons. The average Bonchev–Trinajstić information content (AvgIpc) is 3.11. The lowest BCUT2D eigenvalue weighted by atomic mass is 10.1. The van der Waals surface area contributed by atoms with Crippen molar-refractivity contribution in [3.8, 4) is 0 Å². The number of imidazole rings is 1. The van der Waals surface area contributed by atoms with E-state index in [1.165, 1.54) is 0 Å². The molecule has 0 saturated heterocycles. The van der Waals surface area contributed by atoms with Crippen LogP contribution in [0.25, 0.3) is 11.0 Å². The molecular weight excluding hydrogens is 400 g/mol. The van der Waals surface area contributed by atoms with E-state index in [1.807, 2.05) is 86.0 Å². The van der Waals surface area contributed by atoms with Gasteiger partial charge < -0.3 is 15.2 Å². The van der Waals surface area contributed by atoms with Gasteiger partial charge in [-0.15, -0.1) is 0 Å². The number of aromatic nitrogens is 2. The highest BCUT2D eigenvalue weighted by molar-refractivity contribution is 5.94. The maximum absolute atomic E-state index is 12.9. The van der Waals surface area contributed by atoms with Crippen molar-refractivity contribution in [1.29, 1.82) is 0 Å². The zero-order valence-corrected chi connectivity index (χ0v) is 18.5. The number of nitrogens with zero attached hydrogens (tertiary/aromatic N) is 2. The van der Waals surface area contributed by atoms with Gasteiger partial charge in [0.25, 0.3) is 5.91 Å². The van der Waals surface area contributed by atoms with Gasteiger partial charge in [-0.25, -0.2) is 4.98 Å². The van der Waals surface area contributed by atoms with E-state index in [-0.39, 0.29) is 24.9 Å². The Morgan fingerprint density at radius 1 is 0.906 bits per heavy atom. The van der Waals surface area contributed by atoms with Gasteiger partial charge in [-0.2, -0.15) is 0 Å². The van der Waals surface area contributed by atoms with Crippen LogP contribution in [0.5, 0.6) is 0 Å². The molecule has 0 aliphatic carbocycles. The van der Waals surface area contributed by atoms with Crippen LogP contribution in [-0.2, 0) is 17.9 Å². The second kappa shape index (κ2) is 9.06. The SMILES string of the molecule is Cc1cccc(C(=O)NCc2nc3ccccc3n2CC(=O)Nc2ccc(C)cc2C)c1. The maximum atomic E-state index is 12.9. The van der Waals surface area contributed by atoms with Gasteiger partial charge in [0.15, 0.2) is 0 Å². The van der Waals surface area contributed by atoms with E-state index in [9.17, 15) is 9.59 Å². The fourth-order valence-corrected chi connectivity index (χ4v) is 3.77. The van der Waals surface area contributed by atoms with Crippen LogP contribution in [0.2, 0.25) is 0 Å². The fourth-order valence-electron chi connectivity index (χ4n) is 3.77. The lowest BCUT2D eigenvalue weighted by molar-refractivity contribution is -0.116. The predicted octanol–water partition coefficient (Wildman–Crippen LogP) is 4.53. The summed E-state index contributed by atoms with van der Waals surface area (Å²) in [7, 11) is 0. The fraction of sp³-hybridized carbons (Fsp3) is 0.192. The summed E-state index contributed by atoms with van der Waals surface area (Å²) in [6.07, 6.45) is 0. The van der Waals surface area contributed by atoms with Crippen LogP contribution in [0, 0.1) is 20.8 Å². The van der Waals surface area contributed by atoms with Gasteiger partial charge in [0, 0.05) is 11.3 Å². The molecule has 2 amide bonds. The van der Waals surface area contributed by atoms with Gasteiger partial charge in [-0.05, 0) is 56.7 Å². The van der Waals surface area contributed by atoms with E-state index in [0.29, 0.717) is 11.4 Å². The van der Waals surface area contributed by atoms with E-state index in [0.717, 1.165) is 33.4 Å². The van der Waals surface area contributed by atoms with Crippen LogP contribution in [0.15, 0.2) is 66.7 Å².